The highest BCUT2D eigenvalue weighted by Gasteiger charge is 2.52. The average Bonchev–Trinajstić information content (AvgIpc) is 3.64. The van der Waals surface area contributed by atoms with E-state index in [-0.39, 0.29) is 23.2 Å². The molecule has 0 aromatic heterocycles. The molecule has 200 valence electrons. The normalized spacial score (nSPS) is 25.8. The molecular weight excluding hydrogens is 460 g/mol. The lowest BCUT2D eigenvalue weighted by Crippen LogP contribution is -2.61. The Labute approximate surface area is 222 Å². The third-order valence-electron chi connectivity index (χ3n) is 8.82. The van der Waals surface area contributed by atoms with E-state index in [1.54, 1.807) is 0 Å². The lowest BCUT2D eigenvalue weighted by atomic mass is 9.58. The van der Waals surface area contributed by atoms with Gasteiger partial charge in [-0.05, 0) is 107 Å². The fourth-order valence-electron chi connectivity index (χ4n) is 6.20. The zero-order chi connectivity index (χ0) is 26.4. The Hall–Kier alpha value is -2.37. The first-order chi connectivity index (χ1) is 17.6. The van der Waals surface area contributed by atoms with E-state index in [0.29, 0.717) is 18.3 Å². The SMILES string of the molecule is CC(C)OCCC(C)(C)Oc1cccc(Nc2ccc3c(c2)C2(C)CCN(CC4CC4)C(C3=O)C2C)c1. The van der Waals surface area contributed by atoms with E-state index in [1.807, 2.05) is 18.2 Å². The van der Waals surface area contributed by atoms with E-state index < -0.39 is 0 Å². The summed E-state index contributed by atoms with van der Waals surface area (Å²) in [6, 6.07) is 14.5. The molecule has 2 aliphatic carbocycles. The molecule has 2 fully saturated rings. The van der Waals surface area contributed by atoms with Crippen molar-refractivity contribution in [2.24, 2.45) is 11.8 Å². The minimum Gasteiger partial charge on any atom is -0.488 e. The van der Waals surface area contributed by atoms with Gasteiger partial charge in [-0.15, -0.1) is 0 Å². The van der Waals surface area contributed by atoms with Gasteiger partial charge in [-0.3, -0.25) is 9.69 Å². The summed E-state index contributed by atoms with van der Waals surface area (Å²) in [5, 5.41) is 3.58. The second-order valence-electron chi connectivity index (χ2n) is 12.6. The maximum atomic E-state index is 13.7. The molecule has 0 amide bonds. The van der Waals surface area contributed by atoms with Gasteiger partial charge in [0.2, 0.25) is 0 Å². The van der Waals surface area contributed by atoms with Crippen LogP contribution in [0.3, 0.4) is 0 Å². The van der Waals surface area contributed by atoms with Crippen LogP contribution < -0.4 is 10.1 Å². The van der Waals surface area contributed by atoms with Crippen molar-refractivity contribution >= 4 is 17.2 Å². The summed E-state index contributed by atoms with van der Waals surface area (Å²) in [5.41, 5.74) is 3.80. The van der Waals surface area contributed by atoms with Crippen LogP contribution in [0.15, 0.2) is 42.5 Å². The number of anilines is 2. The van der Waals surface area contributed by atoms with Crippen molar-refractivity contribution in [3.8, 4) is 5.75 Å². The molecule has 2 aromatic carbocycles. The molecule has 5 heteroatoms. The summed E-state index contributed by atoms with van der Waals surface area (Å²) < 4.78 is 12.0. The van der Waals surface area contributed by atoms with Crippen LogP contribution in [0.5, 0.6) is 5.75 Å². The predicted octanol–water partition coefficient (Wildman–Crippen LogP) is 6.98. The average molecular weight is 505 g/mol. The number of nitrogens with zero attached hydrogens (tertiary/aromatic N) is 1. The minimum atomic E-state index is -0.324. The van der Waals surface area contributed by atoms with E-state index in [2.05, 4.69) is 76.0 Å². The highest BCUT2D eigenvalue weighted by molar-refractivity contribution is 6.04. The number of benzene rings is 2. The van der Waals surface area contributed by atoms with Gasteiger partial charge in [-0.2, -0.15) is 0 Å². The molecule has 1 heterocycles. The fourth-order valence-corrected chi connectivity index (χ4v) is 6.20. The van der Waals surface area contributed by atoms with Crippen molar-refractivity contribution in [1.82, 2.24) is 4.90 Å². The second kappa shape index (κ2) is 10.1. The molecule has 0 radical (unpaired) electrons. The quantitative estimate of drug-likeness (QED) is 0.378. The Morgan fingerprint density at radius 3 is 2.62 bits per heavy atom. The Kier molecular flexibility index (Phi) is 7.14. The van der Waals surface area contributed by atoms with E-state index in [4.69, 9.17) is 9.47 Å². The molecule has 2 aromatic rings. The van der Waals surface area contributed by atoms with Crippen molar-refractivity contribution in [2.45, 2.75) is 90.4 Å². The molecule has 1 aliphatic heterocycles. The number of fused-ring (bicyclic) bond motifs is 4. The molecule has 1 saturated heterocycles. The molecule has 2 bridgehead atoms. The van der Waals surface area contributed by atoms with Crippen LogP contribution in [0.2, 0.25) is 0 Å². The number of piperidine rings is 1. The lowest BCUT2D eigenvalue weighted by Gasteiger charge is -2.53. The molecule has 3 unspecified atom stereocenters. The van der Waals surface area contributed by atoms with E-state index in [9.17, 15) is 4.79 Å². The maximum absolute atomic E-state index is 13.7. The van der Waals surface area contributed by atoms with Crippen molar-refractivity contribution in [3.63, 3.8) is 0 Å². The molecule has 1 N–H and O–H groups in total. The number of hydrogen-bond acceptors (Lipinski definition) is 5. The van der Waals surface area contributed by atoms with Crippen molar-refractivity contribution in [1.29, 1.82) is 0 Å². The predicted molar refractivity (Wildman–Crippen MR) is 150 cm³/mol. The van der Waals surface area contributed by atoms with Gasteiger partial charge in [0.25, 0.3) is 0 Å². The number of nitrogens with one attached hydrogen (secondary N) is 1. The number of carbonyl (C=O) groups excluding carboxylic acids is 1. The van der Waals surface area contributed by atoms with Crippen molar-refractivity contribution in [3.05, 3.63) is 53.6 Å². The smallest absolute Gasteiger partial charge is 0.180 e. The van der Waals surface area contributed by atoms with Crippen LogP contribution in [0.1, 0.15) is 83.1 Å². The lowest BCUT2D eigenvalue weighted by molar-refractivity contribution is 0.0231. The first-order valence-corrected chi connectivity index (χ1v) is 14.2. The standard InChI is InChI=1S/C32H44N2O3/c1-21(2)36-17-15-31(4,5)37-26-9-7-8-24(18-26)33-25-12-13-27-28(19-25)32(6)14-16-34(20-23-10-11-23)29(22(32)3)30(27)35/h7-9,12-13,18-19,21-23,29,33H,10-11,14-17,20H2,1-6H3. The largest absolute Gasteiger partial charge is 0.488 e. The molecule has 5 rings (SSSR count). The zero-order valence-corrected chi connectivity index (χ0v) is 23.5. The number of rotatable bonds is 10. The highest BCUT2D eigenvalue weighted by Crippen LogP contribution is 2.50. The van der Waals surface area contributed by atoms with Crippen LogP contribution in [-0.2, 0) is 10.2 Å². The summed E-state index contributed by atoms with van der Waals surface area (Å²) >= 11 is 0. The first kappa shape index (κ1) is 26.2. The Balaban J connectivity index is 1.32. The number of ether oxygens (including phenoxy) is 2. The molecule has 1 saturated carbocycles. The van der Waals surface area contributed by atoms with Crippen LogP contribution >= 0.6 is 0 Å². The summed E-state index contributed by atoms with van der Waals surface area (Å²) in [4.78, 5) is 16.2. The summed E-state index contributed by atoms with van der Waals surface area (Å²) in [6.45, 7) is 15.7. The van der Waals surface area contributed by atoms with Gasteiger partial charge in [0.15, 0.2) is 5.78 Å². The molecular formula is C32H44N2O3. The summed E-state index contributed by atoms with van der Waals surface area (Å²) in [5.74, 6) is 2.26. The Bertz CT molecular complexity index is 1140. The third-order valence-corrected chi connectivity index (χ3v) is 8.82. The number of ketones is 1. The number of likely N-dealkylation sites (tertiary alicyclic amines) is 1. The number of hydrogen-bond donors (Lipinski definition) is 1. The van der Waals surface area contributed by atoms with Crippen LogP contribution in [0.25, 0.3) is 0 Å². The van der Waals surface area contributed by atoms with E-state index in [0.717, 1.165) is 54.5 Å². The first-order valence-electron chi connectivity index (χ1n) is 14.2. The monoisotopic (exact) mass is 504 g/mol. The molecule has 37 heavy (non-hydrogen) atoms. The Morgan fingerprint density at radius 1 is 1.14 bits per heavy atom. The van der Waals surface area contributed by atoms with Crippen LogP contribution in [-0.4, -0.2) is 48.1 Å². The van der Waals surface area contributed by atoms with Crippen LogP contribution in [0, 0.1) is 11.8 Å². The fraction of sp³-hybridized carbons (Fsp3) is 0.594. The van der Waals surface area contributed by atoms with Crippen molar-refractivity contribution in [2.75, 3.05) is 25.0 Å². The van der Waals surface area contributed by atoms with Gasteiger partial charge >= 0.3 is 0 Å². The van der Waals surface area contributed by atoms with Gasteiger partial charge in [0.05, 0.1) is 18.8 Å². The van der Waals surface area contributed by atoms with Gasteiger partial charge in [0.1, 0.15) is 11.4 Å². The zero-order valence-electron chi connectivity index (χ0n) is 23.5. The van der Waals surface area contributed by atoms with Gasteiger partial charge in [0, 0.05) is 36.0 Å². The van der Waals surface area contributed by atoms with Gasteiger partial charge < -0.3 is 14.8 Å². The van der Waals surface area contributed by atoms with Gasteiger partial charge in [-0.25, -0.2) is 0 Å². The molecule has 5 nitrogen and oxygen atoms in total. The third kappa shape index (κ3) is 5.58. The second-order valence-corrected chi connectivity index (χ2v) is 12.6. The Morgan fingerprint density at radius 2 is 1.89 bits per heavy atom. The minimum absolute atomic E-state index is 0.0126. The molecule has 3 aliphatic rings. The summed E-state index contributed by atoms with van der Waals surface area (Å²) in [7, 11) is 0. The van der Waals surface area contributed by atoms with Gasteiger partial charge in [-0.1, -0.05) is 19.9 Å². The highest BCUT2D eigenvalue weighted by atomic mass is 16.5. The van der Waals surface area contributed by atoms with Crippen molar-refractivity contribution < 1.29 is 14.3 Å². The summed E-state index contributed by atoms with van der Waals surface area (Å²) in [6.07, 6.45) is 4.79. The van der Waals surface area contributed by atoms with E-state index >= 15 is 0 Å². The maximum Gasteiger partial charge on any atom is 0.180 e. The molecule has 0 spiro atoms. The number of carbonyl (C=O) groups is 1. The van der Waals surface area contributed by atoms with E-state index in [1.165, 1.54) is 18.4 Å². The molecule has 3 atom stereocenters. The topological polar surface area (TPSA) is 50.8 Å². The number of Topliss-reactive ketones (excluding diaryl/α,β-unsaturated/α-hetero) is 1. The van der Waals surface area contributed by atoms with Crippen LogP contribution in [0.4, 0.5) is 11.4 Å².